The Labute approximate surface area is 218 Å². The van der Waals surface area contributed by atoms with Crippen LogP contribution in [0.5, 0.6) is 11.5 Å². The molecule has 4 heterocycles. The van der Waals surface area contributed by atoms with Gasteiger partial charge in [-0.2, -0.15) is 0 Å². The zero-order chi connectivity index (χ0) is 26.3. The van der Waals surface area contributed by atoms with Gasteiger partial charge in [-0.1, -0.05) is 0 Å². The fraction of sp³-hybridized carbons (Fsp3) is 0.444. The van der Waals surface area contributed by atoms with Crippen LogP contribution in [0.4, 0.5) is 4.39 Å². The first kappa shape index (κ1) is 24.6. The predicted octanol–water partition coefficient (Wildman–Crippen LogP) is 1.89. The van der Waals surface area contributed by atoms with Crippen molar-refractivity contribution in [3.8, 4) is 11.5 Å². The summed E-state index contributed by atoms with van der Waals surface area (Å²) in [7, 11) is 0. The van der Waals surface area contributed by atoms with Gasteiger partial charge in [0.15, 0.2) is 11.5 Å². The fourth-order valence-corrected chi connectivity index (χ4v) is 5.55. The molecule has 6 rings (SSSR count). The number of hydrogen-bond donors (Lipinski definition) is 0. The van der Waals surface area contributed by atoms with E-state index in [2.05, 4.69) is 0 Å². The van der Waals surface area contributed by atoms with Crippen molar-refractivity contribution in [2.75, 3.05) is 52.8 Å². The Bertz CT molecular complexity index is 1240. The molecule has 0 saturated carbocycles. The molecule has 200 valence electrons. The highest BCUT2D eigenvalue weighted by atomic mass is 19.1. The maximum absolute atomic E-state index is 13.8. The van der Waals surface area contributed by atoms with Crippen LogP contribution in [0.3, 0.4) is 0 Å². The average Bonchev–Trinajstić information content (AvgIpc) is 3.58. The molecule has 38 heavy (non-hydrogen) atoms. The van der Waals surface area contributed by atoms with E-state index in [1.165, 1.54) is 29.2 Å². The Balaban J connectivity index is 1.23. The molecule has 1 atom stereocenters. The second kappa shape index (κ2) is 9.88. The Morgan fingerprint density at radius 2 is 1.50 bits per heavy atom. The van der Waals surface area contributed by atoms with Gasteiger partial charge in [-0.25, -0.2) is 4.39 Å². The highest BCUT2D eigenvalue weighted by Crippen LogP contribution is 2.40. The second-order valence-electron chi connectivity index (χ2n) is 9.75. The Morgan fingerprint density at radius 1 is 0.816 bits per heavy atom. The molecule has 0 aliphatic carbocycles. The van der Waals surface area contributed by atoms with Crippen LogP contribution in [0, 0.1) is 5.82 Å². The van der Waals surface area contributed by atoms with Crippen molar-refractivity contribution < 1.29 is 37.7 Å². The summed E-state index contributed by atoms with van der Waals surface area (Å²) in [5.41, 5.74) is -0.295. The van der Waals surface area contributed by atoms with Crippen LogP contribution in [-0.4, -0.2) is 97.0 Å². The molecule has 0 aromatic heterocycles. The van der Waals surface area contributed by atoms with Gasteiger partial charge in [-0.05, 0) is 42.5 Å². The number of amides is 3. The zero-order valence-electron chi connectivity index (χ0n) is 20.8. The van der Waals surface area contributed by atoms with E-state index in [1.807, 2.05) is 0 Å². The van der Waals surface area contributed by atoms with Crippen LogP contribution >= 0.6 is 0 Å². The van der Waals surface area contributed by atoms with Crippen LogP contribution < -0.4 is 9.47 Å². The maximum atomic E-state index is 13.8. The summed E-state index contributed by atoms with van der Waals surface area (Å²) < 4.78 is 36.0. The van der Waals surface area contributed by atoms with E-state index in [-0.39, 0.29) is 30.8 Å². The molecule has 0 unspecified atom stereocenters. The molecule has 11 heteroatoms. The van der Waals surface area contributed by atoms with E-state index in [1.54, 1.807) is 28.0 Å². The number of ether oxygens (including phenoxy) is 4. The summed E-state index contributed by atoms with van der Waals surface area (Å²) in [6.45, 7) is 2.61. The van der Waals surface area contributed by atoms with Crippen molar-refractivity contribution in [3.05, 3.63) is 59.4 Å². The minimum Gasteiger partial charge on any atom is -0.454 e. The van der Waals surface area contributed by atoms with Gasteiger partial charge >= 0.3 is 0 Å². The number of piperidine rings is 1. The molecule has 10 nitrogen and oxygen atoms in total. The van der Waals surface area contributed by atoms with Crippen LogP contribution in [0.15, 0.2) is 42.5 Å². The molecule has 4 aliphatic rings. The fourth-order valence-electron chi connectivity index (χ4n) is 5.55. The first-order chi connectivity index (χ1) is 18.4. The largest absolute Gasteiger partial charge is 0.454 e. The number of morpholine rings is 1. The smallest absolute Gasteiger partial charge is 0.256 e. The molecule has 0 N–H and O–H groups in total. The van der Waals surface area contributed by atoms with Gasteiger partial charge in [0.25, 0.3) is 11.8 Å². The third-order valence-corrected chi connectivity index (χ3v) is 7.63. The topological polar surface area (TPSA) is 97.8 Å². The third-order valence-electron chi connectivity index (χ3n) is 7.63. The maximum Gasteiger partial charge on any atom is 0.256 e. The van der Waals surface area contributed by atoms with Gasteiger partial charge in [0.1, 0.15) is 17.6 Å². The van der Waals surface area contributed by atoms with E-state index in [0.717, 1.165) is 0 Å². The number of likely N-dealkylation sites (tertiary alicyclic amines) is 1. The first-order valence-corrected chi connectivity index (χ1v) is 12.7. The average molecular weight is 526 g/mol. The standard InChI is InChI=1S/C27H28FN3O7/c28-20-4-1-18(2-5-20)25(33)31-21(26(34)30-11-13-35-14-12-30)16-38-27(31)7-9-29(10-8-27)24(32)19-3-6-22-23(15-19)37-17-36-22/h1-6,15,21H,7-14,16-17H2/t21-/m0/s1. The van der Waals surface area contributed by atoms with Gasteiger partial charge in [-0.15, -0.1) is 0 Å². The zero-order valence-corrected chi connectivity index (χ0v) is 20.8. The Kier molecular flexibility index (Phi) is 6.40. The van der Waals surface area contributed by atoms with Gasteiger partial charge in [0.2, 0.25) is 12.7 Å². The summed E-state index contributed by atoms with van der Waals surface area (Å²) in [6, 6.07) is 9.55. The molecule has 0 bridgehead atoms. The number of nitrogens with zero attached hydrogens (tertiary/aromatic N) is 3. The molecule has 3 fully saturated rings. The monoisotopic (exact) mass is 525 g/mol. The summed E-state index contributed by atoms with van der Waals surface area (Å²) in [5, 5.41) is 0. The molecule has 1 spiro atoms. The molecule has 3 amide bonds. The number of fused-ring (bicyclic) bond motifs is 1. The van der Waals surface area contributed by atoms with E-state index >= 15 is 0 Å². The predicted molar refractivity (Wildman–Crippen MR) is 130 cm³/mol. The van der Waals surface area contributed by atoms with Crippen molar-refractivity contribution in [1.29, 1.82) is 0 Å². The lowest BCUT2D eigenvalue weighted by Gasteiger charge is -2.45. The summed E-state index contributed by atoms with van der Waals surface area (Å²) in [6.07, 6.45) is 0.673. The quantitative estimate of drug-likeness (QED) is 0.604. The summed E-state index contributed by atoms with van der Waals surface area (Å²) in [5.74, 6) is -0.0729. The van der Waals surface area contributed by atoms with Crippen LogP contribution in [0.25, 0.3) is 0 Å². The Hall–Kier alpha value is -3.70. The summed E-state index contributed by atoms with van der Waals surface area (Å²) in [4.78, 5) is 45.5. The molecule has 2 aromatic carbocycles. The number of carbonyl (C=O) groups is 3. The number of hydrogen-bond acceptors (Lipinski definition) is 7. The van der Waals surface area contributed by atoms with Crippen molar-refractivity contribution in [3.63, 3.8) is 0 Å². The second-order valence-corrected chi connectivity index (χ2v) is 9.75. The number of rotatable bonds is 3. The minimum atomic E-state index is -1.05. The van der Waals surface area contributed by atoms with Crippen molar-refractivity contribution >= 4 is 17.7 Å². The molecule has 2 aromatic rings. The lowest BCUT2D eigenvalue weighted by atomic mass is 9.96. The lowest BCUT2D eigenvalue weighted by Crippen LogP contribution is -2.60. The molecule has 0 radical (unpaired) electrons. The SMILES string of the molecule is O=C(c1ccc2c(c1)OCO2)N1CCC2(CC1)OC[C@@H](C(=O)N1CCOCC1)N2C(=O)c1ccc(F)cc1. The number of carbonyl (C=O) groups excluding carboxylic acids is 3. The van der Waals surface area contributed by atoms with Gasteiger partial charge in [-0.3, -0.25) is 19.3 Å². The third kappa shape index (κ3) is 4.35. The van der Waals surface area contributed by atoms with Crippen molar-refractivity contribution in [2.24, 2.45) is 0 Å². The summed E-state index contributed by atoms with van der Waals surface area (Å²) >= 11 is 0. The molecular formula is C27H28FN3O7. The minimum absolute atomic E-state index is 0.0548. The highest BCUT2D eigenvalue weighted by molar-refractivity contribution is 5.99. The van der Waals surface area contributed by atoms with E-state index in [9.17, 15) is 18.8 Å². The van der Waals surface area contributed by atoms with Gasteiger partial charge < -0.3 is 28.7 Å². The van der Waals surface area contributed by atoms with Crippen LogP contribution in [0.2, 0.25) is 0 Å². The molecule has 4 aliphatic heterocycles. The van der Waals surface area contributed by atoms with Gasteiger partial charge in [0.05, 0.1) is 19.8 Å². The van der Waals surface area contributed by atoms with Gasteiger partial charge in [0, 0.05) is 50.1 Å². The Morgan fingerprint density at radius 3 is 2.24 bits per heavy atom. The molecule has 3 saturated heterocycles. The van der Waals surface area contributed by atoms with Crippen molar-refractivity contribution in [2.45, 2.75) is 24.6 Å². The lowest BCUT2D eigenvalue weighted by molar-refractivity contribution is -0.141. The first-order valence-electron chi connectivity index (χ1n) is 12.7. The number of halogens is 1. The normalized spacial score (nSPS) is 22.1. The number of benzene rings is 2. The van der Waals surface area contributed by atoms with Crippen LogP contribution in [-0.2, 0) is 14.3 Å². The molecular weight excluding hydrogens is 497 g/mol. The van der Waals surface area contributed by atoms with E-state index < -0.39 is 23.5 Å². The highest BCUT2D eigenvalue weighted by Gasteiger charge is 2.55. The van der Waals surface area contributed by atoms with E-state index in [0.29, 0.717) is 69.3 Å². The van der Waals surface area contributed by atoms with Crippen LogP contribution in [0.1, 0.15) is 33.6 Å². The van der Waals surface area contributed by atoms with Crippen molar-refractivity contribution in [1.82, 2.24) is 14.7 Å². The van der Waals surface area contributed by atoms with E-state index in [4.69, 9.17) is 18.9 Å².